The van der Waals surface area contributed by atoms with Gasteiger partial charge in [0.2, 0.25) is 0 Å². The second kappa shape index (κ2) is 7.08. The summed E-state index contributed by atoms with van der Waals surface area (Å²) in [6, 6.07) is 12.7. The maximum absolute atomic E-state index is 12.8. The number of hydrogen-bond donors (Lipinski definition) is 0. The number of aromatic nitrogens is 2. The third-order valence-corrected chi connectivity index (χ3v) is 7.94. The summed E-state index contributed by atoms with van der Waals surface area (Å²) in [7, 11) is -5.11. The van der Waals surface area contributed by atoms with Crippen LogP contribution >= 0.6 is 0 Å². The summed E-state index contributed by atoms with van der Waals surface area (Å²) < 4.78 is 52.0. The van der Waals surface area contributed by atoms with Crippen LogP contribution in [0.3, 0.4) is 0 Å². The Bertz CT molecular complexity index is 1280. The van der Waals surface area contributed by atoms with Crippen LogP contribution in [0.1, 0.15) is 11.1 Å². The van der Waals surface area contributed by atoms with E-state index in [0.29, 0.717) is 19.5 Å². The van der Waals surface area contributed by atoms with E-state index in [1.54, 1.807) is 35.9 Å². The largest absolute Gasteiger partial charge is 0.339 e. The minimum absolute atomic E-state index is 0.0611. The molecule has 0 unspecified atom stereocenters. The Morgan fingerprint density at radius 3 is 2.24 bits per heavy atom. The van der Waals surface area contributed by atoms with Crippen molar-refractivity contribution >= 4 is 19.9 Å². The van der Waals surface area contributed by atoms with Crippen molar-refractivity contribution < 1.29 is 16.8 Å². The highest BCUT2D eigenvalue weighted by molar-refractivity contribution is 7.90. The van der Waals surface area contributed by atoms with Gasteiger partial charge in [0.1, 0.15) is 0 Å². The zero-order valence-corrected chi connectivity index (χ0v) is 17.7. The van der Waals surface area contributed by atoms with Gasteiger partial charge in [-0.3, -0.25) is 0 Å². The van der Waals surface area contributed by atoms with E-state index in [4.69, 9.17) is 0 Å². The predicted octanol–water partition coefficient (Wildman–Crippen LogP) is 2.24. The quantitative estimate of drug-likeness (QED) is 0.632. The van der Waals surface area contributed by atoms with Crippen molar-refractivity contribution in [1.82, 2.24) is 13.9 Å². The van der Waals surface area contributed by atoms with Gasteiger partial charge in [0, 0.05) is 32.6 Å². The van der Waals surface area contributed by atoms with Crippen LogP contribution in [0.2, 0.25) is 0 Å². The third kappa shape index (κ3) is 3.85. The minimum Gasteiger partial charge on any atom is -0.339 e. The molecule has 0 N–H and O–H groups in total. The Labute approximate surface area is 170 Å². The van der Waals surface area contributed by atoms with Crippen LogP contribution in [0, 0.1) is 0 Å². The molecule has 1 aliphatic rings. The molecule has 152 valence electrons. The molecule has 0 saturated heterocycles. The first-order valence-corrected chi connectivity index (χ1v) is 12.4. The standard InChI is InChI=1S/C20H21N3O4S2/c1-22-13-20(21-14-22)29(26,27)23-10-9-17-11-16(3-4-18(17)12-23)15-5-7-19(8-6-15)28(2,24)25/h3-8,11,13-14H,9-10,12H2,1-2H3. The maximum atomic E-state index is 12.8. The van der Waals surface area contributed by atoms with Gasteiger partial charge in [-0.15, -0.1) is 0 Å². The number of nitrogens with zero attached hydrogens (tertiary/aromatic N) is 3. The summed E-state index contributed by atoms with van der Waals surface area (Å²) in [6.07, 6.45) is 4.78. The van der Waals surface area contributed by atoms with Gasteiger partial charge in [0.25, 0.3) is 10.0 Å². The number of hydrogen-bond acceptors (Lipinski definition) is 5. The first-order valence-electron chi connectivity index (χ1n) is 9.05. The summed E-state index contributed by atoms with van der Waals surface area (Å²) in [6.45, 7) is 0.698. The second-order valence-electron chi connectivity index (χ2n) is 7.25. The lowest BCUT2D eigenvalue weighted by Gasteiger charge is -2.27. The molecule has 4 rings (SSSR count). The number of rotatable bonds is 4. The summed E-state index contributed by atoms with van der Waals surface area (Å²) in [5.41, 5.74) is 3.96. The second-order valence-corrected chi connectivity index (χ2v) is 11.1. The molecular formula is C20H21N3O4S2. The van der Waals surface area contributed by atoms with Gasteiger partial charge in [-0.05, 0) is 40.8 Å². The highest BCUT2D eigenvalue weighted by Gasteiger charge is 2.30. The van der Waals surface area contributed by atoms with Gasteiger partial charge in [-0.25, -0.2) is 21.8 Å². The van der Waals surface area contributed by atoms with Crippen LogP contribution in [0.25, 0.3) is 11.1 Å². The van der Waals surface area contributed by atoms with Gasteiger partial charge in [-0.2, -0.15) is 4.31 Å². The topological polar surface area (TPSA) is 89.3 Å². The number of sulfonamides is 1. The molecule has 0 saturated carbocycles. The zero-order valence-electron chi connectivity index (χ0n) is 16.1. The van der Waals surface area contributed by atoms with E-state index in [9.17, 15) is 16.8 Å². The lowest BCUT2D eigenvalue weighted by molar-refractivity contribution is 0.390. The molecule has 0 atom stereocenters. The SMILES string of the molecule is Cn1cnc(S(=O)(=O)N2CCc3cc(-c4ccc(S(C)(=O)=O)cc4)ccc3C2)c1. The van der Waals surface area contributed by atoms with Crippen LogP contribution in [-0.2, 0) is 39.9 Å². The molecule has 0 spiro atoms. The van der Waals surface area contributed by atoms with Crippen molar-refractivity contribution in [2.24, 2.45) is 7.05 Å². The average molecular weight is 432 g/mol. The zero-order chi connectivity index (χ0) is 20.8. The van der Waals surface area contributed by atoms with Crippen molar-refractivity contribution in [3.63, 3.8) is 0 Å². The van der Waals surface area contributed by atoms with Crippen molar-refractivity contribution in [2.45, 2.75) is 22.9 Å². The Hall–Kier alpha value is -2.49. The van der Waals surface area contributed by atoms with Gasteiger partial charge in [0.15, 0.2) is 14.9 Å². The molecule has 2 aromatic carbocycles. The Balaban J connectivity index is 1.59. The van der Waals surface area contributed by atoms with Gasteiger partial charge in [-0.1, -0.05) is 30.3 Å². The monoisotopic (exact) mass is 431 g/mol. The van der Waals surface area contributed by atoms with Crippen LogP contribution in [-0.4, -0.2) is 43.5 Å². The number of aryl methyl sites for hydroxylation is 1. The fourth-order valence-corrected chi connectivity index (χ4v) is 5.48. The first-order chi connectivity index (χ1) is 13.6. The molecule has 0 radical (unpaired) electrons. The average Bonchev–Trinajstić information content (AvgIpc) is 3.14. The lowest BCUT2D eigenvalue weighted by atomic mass is 9.95. The lowest BCUT2D eigenvalue weighted by Crippen LogP contribution is -2.36. The molecule has 0 amide bonds. The Morgan fingerprint density at radius 2 is 1.62 bits per heavy atom. The van der Waals surface area contributed by atoms with Gasteiger partial charge >= 0.3 is 0 Å². The van der Waals surface area contributed by atoms with Gasteiger partial charge < -0.3 is 4.57 Å². The summed E-state index contributed by atoms with van der Waals surface area (Å²) >= 11 is 0. The molecule has 1 aromatic heterocycles. The molecule has 2 heterocycles. The maximum Gasteiger partial charge on any atom is 0.262 e. The fourth-order valence-electron chi connectivity index (χ4n) is 3.46. The minimum atomic E-state index is -3.62. The molecule has 0 aliphatic carbocycles. The molecule has 1 aliphatic heterocycles. The van der Waals surface area contributed by atoms with Crippen molar-refractivity contribution in [1.29, 1.82) is 0 Å². The van der Waals surface area contributed by atoms with Crippen LogP contribution in [0.5, 0.6) is 0 Å². The molecular weight excluding hydrogens is 410 g/mol. The van der Waals surface area contributed by atoms with E-state index in [0.717, 1.165) is 22.3 Å². The summed E-state index contributed by atoms with van der Waals surface area (Å²) in [4.78, 5) is 4.27. The highest BCUT2D eigenvalue weighted by Crippen LogP contribution is 2.29. The Morgan fingerprint density at radius 1 is 0.931 bits per heavy atom. The summed E-state index contributed by atoms with van der Waals surface area (Å²) in [5, 5.41) is 0.0611. The van der Waals surface area contributed by atoms with E-state index < -0.39 is 19.9 Å². The van der Waals surface area contributed by atoms with E-state index >= 15 is 0 Å². The van der Waals surface area contributed by atoms with Gasteiger partial charge in [0.05, 0.1) is 11.2 Å². The predicted molar refractivity (Wildman–Crippen MR) is 109 cm³/mol. The highest BCUT2D eigenvalue weighted by atomic mass is 32.2. The molecule has 3 aromatic rings. The Kier molecular flexibility index (Phi) is 4.84. The van der Waals surface area contributed by atoms with Crippen LogP contribution in [0.4, 0.5) is 0 Å². The number of imidazole rings is 1. The van der Waals surface area contributed by atoms with E-state index in [1.807, 2.05) is 12.1 Å². The molecule has 0 bridgehead atoms. The number of fused-ring (bicyclic) bond motifs is 1. The van der Waals surface area contributed by atoms with E-state index in [-0.39, 0.29) is 9.92 Å². The normalized spacial score (nSPS) is 15.2. The van der Waals surface area contributed by atoms with Crippen LogP contribution < -0.4 is 0 Å². The number of sulfone groups is 1. The smallest absolute Gasteiger partial charge is 0.262 e. The summed E-state index contributed by atoms with van der Waals surface area (Å²) in [5.74, 6) is 0. The molecule has 9 heteroatoms. The van der Waals surface area contributed by atoms with Crippen LogP contribution in [0.15, 0.2) is 64.9 Å². The first kappa shape index (κ1) is 19.8. The van der Waals surface area contributed by atoms with Crippen molar-refractivity contribution in [3.8, 4) is 11.1 Å². The fraction of sp³-hybridized carbons (Fsp3) is 0.250. The third-order valence-electron chi connectivity index (χ3n) is 5.08. The number of benzene rings is 2. The molecule has 7 nitrogen and oxygen atoms in total. The van der Waals surface area contributed by atoms with E-state index in [2.05, 4.69) is 11.1 Å². The molecule has 0 fully saturated rings. The van der Waals surface area contributed by atoms with E-state index in [1.165, 1.54) is 23.1 Å². The van der Waals surface area contributed by atoms with Crippen molar-refractivity contribution in [3.05, 3.63) is 66.1 Å². The van der Waals surface area contributed by atoms with Crippen molar-refractivity contribution in [2.75, 3.05) is 12.8 Å². The molecule has 29 heavy (non-hydrogen) atoms.